The van der Waals surface area contributed by atoms with E-state index < -0.39 is 4.92 Å². The molecule has 0 atom stereocenters. The molecule has 0 saturated heterocycles. The number of rotatable bonds is 5. The lowest BCUT2D eigenvalue weighted by Crippen LogP contribution is -2.25. The zero-order valence-electron chi connectivity index (χ0n) is 9.33. The van der Waals surface area contributed by atoms with Gasteiger partial charge in [0.2, 0.25) is 0 Å². The van der Waals surface area contributed by atoms with Crippen molar-refractivity contribution in [3.05, 3.63) is 28.3 Å². The van der Waals surface area contributed by atoms with Gasteiger partial charge in [-0.25, -0.2) is 0 Å². The van der Waals surface area contributed by atoms with Crippen LogP contribution in [0.2, 0.25) is 0 Å². The Balaban J connectivity index is 3.34. The van der Waals surface area contributed by atoms with Gasteiger partial charge < -0.3 is 10.3 Å². The number of benzene rings is 1. The highest BCUT2D eigenvalue weighted by molar-refractivity contribution is 5.77. The molecule has 0 fully saturated rings. The average Bonchev–Trinajstić information content (AvgIpc) is 2.37. The molecule has 0 heterocycles. The highest BCUT2D eigenvalue weighted by Gasteiger charge is 2.23. The zero-order valence-corrected chi connectivity index (χ0v) is 9.33. The summed E-state index contributed by atoms with van der Waals surface area (Å²) in [6.07, 6.45) is 0. The van der Waals surface area contributed by atoms with Crippen LogP contribution in [0, 0.1) is 32.8 Å². The summed E-state index contributed by atoms with van der Waals surface area (Å²) >= 11 is 0. The number of anilines is 2. The van der Waals surface area contributed by atoms with Gasteiger partial charge in [0.15, 0.2) is 0 Å². The molecule has 1 aromatic carbocycles. The van der Waals surface area contributed by atoms with Crippen LogP contribution in [0.3, 0.4) is 0 Å². The van der Waals surface area contributed by atoms with Crippen LogP contribution in [-0.4, -0.2) is 18.0 Å². The summed E-state index contributed by atoms with van der Waals surface area (Å²) in [5.41, 5.74) is 2.27. The molecule has 0 aliphatic carbocycles. The highest BCUT2D eigenvalue weighted by Crippen LogP contribution is 2.34. The summed E-state index contributed by atoms with van der Waals surface area (Å²) in [7, 11) is 0. The normalized spacial score (nSPS) is 9.06. The van der Waals surface area contributed by atoms with Crippen molar-refractivity contribution in [2.45, 2.75) is 0 Å². The maximum Gasteiger partial charge on any atom is 0.316 e. The number of nitrogen functional groups attached to an aromatic ring is 1. The number of hydrazine groups is 1. The fourth-order valence-electron chi connectivity index (χ4n) is 1.49. The Labute approximate surface area is 103 Å². The zero-order chi connectivity index (χ0) is 13.5. The molecule has 0 unspecified atom stereocenters. The molecule has 92 valence electrons. The molecule has 0 amide bonds. The molecule has 0 radical (unpaired) electrons. The number of nitrogens with two attached hydrogens (primary N) is 1. The van der Waals surface area contributed by atoms with E-state index in [1.165, 1.54) is 17.0 Å². The first-order valence-electron chi connectivity index (χ1n) is 4.88. The van der Waals surface area contributed by atoms with Crippen LogP contribution in [0.15, 0.2) is 18.2 Å². The van der Waals surface area contributed by atoms with Crippen molar-refractivity contribution in [1.29, 1.82) is 10.5 Å². The van der Waals surface area contributed by atoms with E-state index in [-0.39, 0.29) is 30.2 Å². The Kier molecular flexibility index (Phi) is 4.43. The van der Waals surface area contributed by atoms with Crippen LogP contribution in [0.25, 0.3) is 0 Å². The molecule has 0 spiro atoms. The maximum absolute atomic E-state index is 11.0. The molecule has 0 saturated carbocycles. The molecule has 0 bridgehead atoms. The Morgan fingerprint density at radius 2 is 2.00 bits per heavy atom. The molecule has 0 aromatic heterocycles. The fourth-order valence-corrected chi connectivity index (χ4v) is 1.49. The number of nitrogens with zero attached hydrogens (tertiary/aromatic N) is 4. The molecule has 1 aromatic rings. The minimum Gasteiger partial charge on any atom is -0.339 e. The standard InChI is InChI=1S/C10H10N6O2/c11-4-6-15(7-5-12)9-3-1-2-8(14-13)10(9)16(17)18/h1-3,14H,6-7,13H2. The van der Waals surface area contributed by atoms with Gasteiger partial charge in [-0.1, -0.05) is 6.07 Å². The lowest BCUT2D eigenvalue weighted by molar-refractivity contribution is -0.383. The van der Waals surface area contributed by atoms with Crippen LogP contribution >= 0.6 is 0 Å². The monoisotopic (exact) mass is 246 g/mol. The fraction of sp³-hybridized carbons (Fsp3) is 0.200. The van der Waals surface area contributed by atoms with Gasteiger partial charge in [-0.3, -0.25) is 16.0 Å². The van der Waals surface area contributed by atoms with E-state index in [0.717, 1.165) is 0 Å². The Morgan fingerprint density at radius 3 is 2.44 bits per heavy atom. The summed E-state index contributed by atoms with van der Waals surface area (Å²) in [4.78, 5) is 11.7. The number of para-hydroxylation sites is 1. The number of nitrogens with one attached hydrogen (secondary N) is 1. The lowest BCUT2D eigenvalue weighted by Gasteiger charge is -2.18. The molecule has 3 N–H and O–H groups in total. The van der Waals surface area contributed by atoms with Gasteiger partial charge in [0.25, 0.3) is 0 Å². The minimum atomic E-state index is -0.605. The van der Waals surface area contributed by atoms with Gasteiger partial charge in [-0.15, -0.1) is 0 Å². The maximum atomic E-state index is 11.0. The third-order valence-corrected chi connectivity index (χ3v) is 2.22. The van der Waals surface area contributed by atoms with Crippen LogP contribution in [0.4, 0.5) is 17.1 Å². The topological polar surface area (TPSA) is 132 Å². The van der Waals surface area contributed by atoms with Crippen molar-refractivity contribution in [3.63, 3.8) is 0 Å². The van der Waals surface area contributed by atoms with Crippen molar-refractivity contribution in [2.75, 3.05) is 23.4 Å². The third-order valence-electron chi connectivity index (χ3n) is 2.22. The van der Waals surface area contributed by atoms with E-state index in [1.807, 2.05) is 12.1 Å². The Hall–Kier alpha value is -2.84. The van der Waals surface area contributed by atoms with Gasteiger partial charge in [0.05, 0.1) is 17.1 Å². The van der Waals surface area contributed by atoms with Gasteiger partial charge in [0.1, 0.15) is 24.5 Å². The van der Waals surface area contributed by atoms with E-state index in [0.29, 0.717) is 0 Å². The minimum absolute atomic E-state index is 0.123. The van der Waals surface area contributed by atoms with Crippen molar-refractivity contribution in [3.8, 4) is 12.1 Å². The smallest absolute Gasteiger partial charge is 0.316 e. The molecule has 0 aliphatic rings. The summed E-state index contributed by atoms with van der Waals surface area (Å²) in [6.45, 7) is -0.245. The summed E-state index contributed by atoms with van der Waals surface area (Å²) in [5, 5.41) is 28.4. The quantitative estimate of drug-likeness (QED) is 0.338. The molecule has 8 heteroatoms. The van der Waals surface area contributed by atoms with Crippen molar-refractivity contribution in [2.24, 2.45) is 5.84 Å². The molecule has 1 rings (SSSR count). The van der Waals surface area contributed by atoms with E-state index >= 15 is 0 Å². The largest absolute Gasteiger partial charge is 0.339 e. The first-order valence-corrected chi connectivity index (χ1v) is 4.88. The molecule has 18 heavy (non-hydrogen) atoms. The molecular formula is C10H10N6O2. The first kappa shape index (κ1) is 13.2. The second-order valence-electron chi connectivity index (χ2n) is 3.25. The van der Waals surface area contributed by atoms with Gasteiger partial charge in [0, 0.05) is 0 Å². The first-order chi connectivity index (χ1) is 8.65. The van der Waals surface area contributed by atoms with Crippen molar-refractivity contribution < 1.29 is 4.92 Å². The molecular weight excluding hydrogens is 236 g/mol. The van der Waals surface area contributed by atoms with E-state index in [4.69, 9.17) is 16.4 Å². The van der Waals surface area contributed by atoms with Crippen molar-refractivity contribution in [1.82, 2.24) is 0 Å². The number of nitro benzene ring substituents is 1. The Morgan fingerprint density at radius 1 is 1.39 bits per heavy atom. The highest BCUT2D eigenvalue weighted by atomic mass is 16.6. The van der Waals surface area contributed by atoms with Gasteiger partial charge in [-0.05, 0) is 12.1 Å². The lowest BCUT2D eigenvalue weighted by atomic mass is 10.2. The predicted octanol–water partition coefficient (Wildman–Crippen LogP) is 0.734. The second-order valence-corrected chi connectivity index (χ2v) is 3.25. The Bertz CT molecular complexity index is 514. The van der Waals surface area contributed by atoms with Crippen LogP contribution in [0.5, 0.6) is 0 Å². The van der Waals surface area contributed by atoms with E-state index in [1.54, 1.807) is 6.07 Å². The molecule has 8 nitrogen and oxygen atoms in total. The van der Waals surface area contributed by atoms with Crippen LogP contribution in [0.1, 0.15) is 0 Å². The average molecular weight is 246 g/mol. The summed E-state index contributed by atoms with van der Waals surface area (Å²) < 4.78 is 0. The third kappa shape index (κ3) is 2.64. The molecule has 0 aliphatic heterocycles. The van der Waals surface area contributed by atoms with E-state index in [2.05, 4.69) is 5.43 Å². The van der Waals surface area contributed by atoms with E-state index in [9.17, 15) is 10.1 Å². The number of hydrogen-bond acceptors (Lipinski definition) is 7. The SMILES string of the molecule is N#CCN(CC#N)c1cccc(NN)c1[N+](=O)[O-]. The second kappa shape index (κ2) is 6.03. The van der Waals surface area contributed by atoms with Gasteiger partial charge in [-0.2, -0.15) is 10.5 Å². The number of hydrogen-bond donors (Lipinski definition) is 2. The summed E-state index contributed by atoms with van der Waals surface area (Å²) in [6, 6.07) is 8.17. The van der Waals surface area contributed by atoms with Crippen LogP contribution in [-0.2, 0) is 0 Å². The van der Waals surface area contributed by atoms with Crippen molar-refractivity contribution >= 4 is 17.1 Å². The van der Waals surface area contributed by atoms with Gasteiger partial charge >= 0.3 is 5.69 Å². The predicted molar refractivity (Wildman–Crippen MR) is 64.3 cm³/mol. The van der Waals surface area contributed by atoms with Crippen LogP contribution < -0.4 is 16.2 Å². The number of nitro groups is 1. The summed E-state index contributed by atoms with van der Waals surface area (Å²) in [5.74, 6) is 5.20. The number of nitriles is 2.